The predicted molar refractivity (Wildman–Crippen MR) is 125 cm³/mol. The molecule has 0 fully saturated rings. The highest BCUT2D eigenvalue weighted by atomic mass is 16.5. The van der Waals surface area contributed by atoms with Crippen LogP contribution in [0.2, 0.25) is 0 Å². The SMILES string of the molecule is CN=C(NCc1cccc(OCCN(C)C)c1)NCc1ccccc1Cn1cccn1. The minimum Gasteiger partial charge on any atom is -0.492 e. The first-order valence-corrected chi connectivity index (χ1v) is 10.5. The van der Waals surface area contributed by atoms with Gasteiger partial charge in [-0.15, -0.1) is 0 Å². The fourth-order valence-corrected chi connectivity index (χ4v) is 3.13. The van der Waals surface area contributed by atoms with Crippen molar-refractivity contribution in [2.24, 2.45) is 4.99 Å². The van der Waals surface area contributed by atoms with Gasteiger partial charge in [-0.05, 0) is 49.0 Å². The molecule has 7 nitrogen and oxygen atoms in total. The number of benzene rings is 2. The van der Waals surface area contributed by atoms with E-state index in [1.807, 2.05) is 43.2 Å². The molecule has 2 N–H and O–H groups in total. The molecule has 164 valence electrons. The van der Waals surface area contributed by atoms with Crippen molar-refractivity contribution in [3.8, 4) is 5.75 Å². The Hall–Kier alpha value is -3.32. The quantitative estimate of drug-likeness (QED) is 0.390. The van der Waals surface area contributed by atoms with E-state index in [0.29, 0.717) is 19.7 Å². The highest BCUT2D eigenvalue weighted by molar-refractivity contribution is 5.79. The molecule has 1 aromatic heterocycles. The second-order valence-electron chi connectivity index (χ2n) is 7.55. The third-order valence-corrected chi connectivity index (χ3v) is 4.85. The van der Waals surface area contributed by atoms with E-state index in [2.05, 4.69) is 62.0 Å². The third kappa shape index (κ3) is 7.46. The van der Waals surface area contributed by atoms with E-state index in [9.17, 15) is 0 Å². The molecular formula is C24H32N6O. The van der Waals surface area contributed by atoms with E-state index in [4.69, 9.17) is 4.74 Å². The number of hydrogen-bond acceptors (Lipinski definition) is 4. The zero-order valence-electron chi connectivity index (χ0n) is 18.6. The number of nitrogens with one attached hydrogen (secondary N) is 2. The van der Waals surface area contributed by atoms with Gasteiger partial charge in [0.2, 0.25) is 0 Å². The number of aliphatic imine (C=N–C) groups is 1. The maximum Gasteiger partial charge on any atom is 0.191 e. The number of ether oxygens (including phenoxy) is 1. The molecule has 1 heterocycles. The maximum atomic E-state index is 5.83. The maximum absolute atomic E-state index is 5.83. The van der Waals surface area contributed by atoms with Crippen LogP contribution in [0, 0.1) is 0 Å². The summed E-state index contributed by atoms with van der Waals surface area (Å²) in [5.74, 6) is 1.64. The molecule has 0 unspecified atom stereocenters. The van der Waals surface area contributed by atoms with Crippen molar-refractivity contribution < 1.29 is 4.74 Å². The summed E-state index contributed by atoms with van der Waals surface area (Å²) >= 11 is 0. The molecule has 0 saturated carbocycles. The average Bonchev–Trinajstić information content (AvgIpc) is 3.28. The van der Waals surface area contributed by atoms with Gasteiger partial charge in [0.05, 0.1) is 6.54 Å². The molecule has 0 spiro atoms. The van der Waals surface area contributed by atoms with Crippen molar-refractivity contribution in [2.45, 2.75) is 19.6 Å². The van der Waals surface area contributed by atoms with Gasteiger partial charge in [0, 0.05) is 39.1 Å². The molecule has 0 aliphatic rings. The number of nitrogens with zero attached hydrogens (tertiary/aromatic N) is 4. The van der Waals surface area contributed by atoms with Crippen LogP contribution in [0.15, 0.2) is 72.0 Å². The zero-order chi connectivity index (χ0) is 21.9. The Morgan fingerprint density at radius 1 is 1.03 bits per heavy atom. The van der Waals surface area contributed by atoms with Crippen LogP contribution >= 0.6 is 0 Å². The van der Waals surface area contributed by atoms with E-state index in [-0.39, 0.29) is 0 Å². The number of likely N-dealkylation sites (N-methyl/N-ethyl adjacent to an activating group) is 1. The first kappa shape index (κ1) is 22.4. The van der Waals surface area contributed by atoms with Crippen molar-refractivity contribution in [3.63, 3.8) is 0 Å². The Bertz CT molecular complexity index is 952. The van der Waals surface area contributed by atoms with Crippen molar-refractivity contribution in [1.82, 2.24) is 25.3 Å². The lowest BCUT2D eigenvalue weighted by Crippen LogP contribution is -2.36. The van der Waals surface area contributed by atoms with Crippen molar-refractivity contribution in [2.75, 3.05) is 34.3 Å². The van der Waals surface area contributed by atoms with E-state index < -0.39 is 0 Å². The molecule has 0 radical (unpaired) electrons. The summed E-state index contributed by atoms with van der Waals surface area (Å²) in [4.78, 5) is 6.46. The van der Waals surface area contributed by atoms with Crippen molar-refractivity contribution in [1.29, 1.82) is 0 Å². The summed E-state index contributed by atoms with van der Waals surface area (Å²) in [6.07, 6.45) is 3.78. The van der Waals surface area contributed by atoms with Crippen LogP contribution in [0.4, 0.5) is 0 Å². The molecule has 7 heteroatoms. The van der Waals surface area contributed by atoms with Gasteiger partial charge in [-0.2, -0.15) is 5.10 Å². The molecule has 0 amide bonds. The number of hydrogen-bond donors (Lipinski definition) is 2. The Morgan fingerprint density at radius 2 is 1.84 bits per heavy atom. The predicted octanol–water partition coefficient (Wildman–Crippen LogP) is 2.74. The van der Waals surface area contributed by atoms with E-state index in [1.54, 1.807) is 13.2 Å². The van der Waals surface area contributed by atoms with Crippen LogP contribution in [-0.4, -0.2) is 54.9 Å². The van der Waals surface area contributed by atoms with Crippen molar-refractivity contribution >= 4 is 5.96 Å². The fraction of sp³-hybridized carbons (Fsp3) is 0.333. The molecule has 0 atom stereocenters. The molecule has 2 aromatic carbocycles. The summed E-state index contributed by atoms with van der Waals surface area (Å²) in [6.45, 7) is 3.66. The average molecular weight is 421 g/mol. The molecule has 0 aliphatic heterocycles. The van der Waals surface area contributed by atoms with Crippen LogP contribution in [0.3, 0.4) is 0 Å². The van der Waals surface area contributed by atoms with Crippen LogP contribution in [0.1, 0.15) is 16.7 Å². The molecule has 0 bridgehead atoms. The Labute approximate surface area is 184 Å². The third-order valence-electron chi connectivity index (χ3n) is 4.85. The lowest BCUT2D eigenvalue weighted by Gasteiger charge is -2.15. The van der Waals surface area contributed by atoms with E-state index in [1.165, 1.54) is 11.1 Å². The van der Waals surface area contributed by atoms with Crippen LogP contribution in [0.5, 0.6) is 5.75 Å². The first-order valence-electron chi connectivity index (χ1n) is 10.5. The number of rotatable bonds is 10. The van der Waals surface area contributed by atoms with Gasteiger partial charge in [0.1, 0.15) is 12.4 Å². The number of guanidine groups is 1. The molecular weight excluding hydrogens is 388 g/mol. The molecule has 3 aromatic rings. The minimum atomic E-state index is 0.666. The van der Waals surface area contributed by atoms with Gasteiger partial charge in [0.25, 0.3) is 0 Å². The summed E-state index contributed by atoms with van der Waals surface area (Å²) in [5, 5.41) is 11.1. The van der Waals surface area contributed by atoms with Gasteiger partial charge in [-0.3, -0.25) is 9.67 Å². The van der Waals surface area contributed by atoms with Crippen LogP contribution in [-0.2, 0) is 19.6 Å². The Kier molecular flexibility index (Phi) is 8.48. The highest BCUT2D eigenvalue weighted by Gasteiger charge is 2.05. The molecule has 31 heavy (non-hydrogen) atoms. The van der Waals surface area contributed by atoms with E-state index in [0.717, 1.165) is 30.4 Å². The smallest absolute Gasteiger partial charge is 0.191 e. The zero-order valence-corrected chi connectivity index (χ0v) is 18.6. The van der Waals surface area contributed by atoms with Gasteiger partial charge in [-0.25, -0.2) is 0 Å². The second-order valence-corrected chi connectivity index (χ2v) is 7.55. The summed E-state index contributed by atoms with van der Waals surface area (Å²) < 4.78 is 7.76. The van der Waals surface area contributed by atoms with Crippen LogP contribution in [0.25, 0.3) is 0 Å². The van der Waals surface area contributed by atoms with Gasteiger partial charge < -0.3 is 20.3 Å². The Balaban J connectivity index is 1.52. The van der Waals surface area contributed by atoms with Crippen LogP contribution < -0.4 is 15.4 Å². The van der Waals surface area contributed by atoms with Gasteiger partial charge in [-0.1, -0.05) is 36.4 Å². The van der Waals surface area contributed by atoms with Gasteiger partial charge >= 0.3 is 0 Å². The molecule has 3 rings (SSSR count). The topological polar surface area (TPSA) is 66.7 Å². The largest absolute Gasteiger partial charge is 0.492 e. The lowest BCUT2D eigenvalue weighted by molar-refractivity contribution is 0.261. The summed E-state index contributed by atoms with van der Waals surface area (Å²) in [6, 6.07) is 18.5. The standard InChI is InChI=1S/C24H32N6O/c1-25-24(26-17-20-8-6-11-23(16-20)31-15-14-29(2)3)27-18-21-9-4-5-10-22(21)19-30-13-7-12-28-30/h4-13,16H,14-15,17-19H2,1-3H3,(H2,25,26,27). The monoisotopic (exact) mass is 420 g/mol. The Morgan fingerprint density at radius 3 is 2.58 bits per heavy atom. The van der Waals surface area contributed by atoms with Gasteiger partial charge in [0.15, 0.2) is 5.96 Å². The summed E-state index contributed by atoms with van der Waals surface area (Å²) in [5.41, 5.74) is 3.60. The molecule has 0 saturated heterocycles. The van der Waals surface area contributed by atoms with E-state index >= 15 is 0 Å². The normalized spacial score (nSPS) is 11.5. The lowest BCUT2D eigenvalue weighted by atomic mass is 10.1. The summed E-state index contributed by atoms with van der Waals surface area (Å²) in [7, 11) is 5.86. The molecule has 0 aliphatic carbocycles. The number of aromatic nitrogens is 2. The fourth-order valence-electron chi connectivity index (χ4n) is 3.13. The second kappa shape index (κ2) is 11.8. The minimum absolute atomic E-state index is 0.666. The highest BCUT2D eigenvalue weighted by Crippen LogP contribution is 2.13. The first-order chi connectivity index (χ1) is 15.1. The van der Waals surface area contributed by atoms with Crippen molar-refractivity contribution in [3.05, 3.63) is 83.7 Å².